The highest BCUT2D eigenvalue weighted by Crippen LogP contribution is 2.26. The van der Waals surface area contributed by atoms with Crippen LogP contribution < -0.4 is 0 Å². The molecule has 1 heterocycles. The Hall–Kier alpha value is -1.35. The van der Waals surface area contributed by atoms with Crippen LogP contribution in [0.4, 0.5) is 0 Å². The molecule has 1 aliphatic heterocycles. The highest BCUT2D eigenvalue weighted by Gasteiger charge is 2.11. The van der Waals surface area contributed by atoms with Gasteiger partial charge in [0.2, 0.25) is 0 Å². The first-order valence-corrected chi connectivity index (χ1v) is 13.1. The molecule has 0 bridgehead atoms. The van der Waals surface area contributed by atoms with E-state index in [0.29, 0.717) is 0 Å². The van der Waals surface area contributed by atoms with Crippen LogP contribution in [0.15, 0.2) is 60.7 Å². The van der Waals surface area contributed by atoms with Crippen LogP contribution in [0.25, 0.3) is 5.57 Å². The molecule has 12 heteroatoms. The molecule has 3 rings (SSSR count). The highest BCUT2D eigenvalue weighted by molar-refractivity contribution is 7.45. The maximum atomic E-state index is 8.88. The molecular weight excluding hydrogens is 480 g/mol. The Kier molecular flexibility index (Phi) is 12.6. The zero-order chi connectivity index (χ0) is 24.2. The molecule has 32 heavy (non-hydrogen) atoms. The second-order valence-corrected chi connectivity index (χ2v) is 9.42. The molecule has 0 atom stereocenters. The normalized spacial score (nSPS) is 14.8. The molecule has 2 aromatic rings. The molecule has 0 aliphatic carbocycles. The van der Waals surface area contributed by atoms with Crippen LogP contribution in [0.2, 0.25) is 5.02 Å². The van der Waals surface area contributed by atoms with Crippen LogP contribution in [0.5, 0.6) is 0 Å². The minimum Gasteiger partial charge on any atom is -0.303 e. The van der Waals surface area contributed by atoms with Gasteiger partial charge in [0.1, 0.15) is 0 Å². The van der Waals surface area contributed by atoms with Crippen molar-refractivity contribution in [1.82, 2.24) is 4.90 Å². The average Bonchev–Trinajstić information content (AvgIpc) is 3.18. The van der Waals surface area contributed by atoms with Crippen molar-refractivity contribution in [3.05, 3.63) is 76.8 Å². The van der Waals surface area contributed by atoms with Gasteiger partial charge in [-0.1, -0.05) is 60.1 Å². The lowest BCUT2D eigenvalue weighted by molar-refractivity contribution is 0.272. The van der Waals surface area contributed by atoms with Crippen LogP contribution in [0.1, 0.15) is 24.0 Å². The zero-order valence-corrected chi connectivity index (χ0v) is 19.8. The molecule has 0 radical (unpaired) electrons. The van der Waals surface area contributed by atoms with E-state index in [-0.39, 0.29) is 0 Å². The van der Waals surface area contributed by atoms with Gasteiger partial charge in [-0.2, -0.15) is 0 Å². The van der Waals surface area contributed by atoms with Crippen molar-refractivity contribution in [1.29, 1.82) is 0 Å². The molecule has 0 unspecified atom stereocenters. The molecule has 9 nitrogen and oxygen atoms in total. The van der Waals surface area contributed by atoms with Crippen LogP contribution in [0, 0.1) is 0 Å². The third kappa shape index (κ3) is 16.3. The summed E-state index contributed by atoms with van der Waals surface area (Å²) in [5.41, 5.74) is 4.02. The molecule has 0 aromatic heterocycles. The summed E-state index contributed by atoms with van der Waals surface area (Å²) in [6, 6.07) is 18.9. The van der Waals surface area contributed by atoms with Gasteiger partial charge in [0.15, 0.2) is 0 Å². The average molecular weight is 508 g/mol. The lowest BCUT2D eigenvalue weighted by Crippen LogP contribution is -2.19. The van der Waals surface area contributed by atoms with E-state index in [1.165, 1.54) is 42.6 Å². The van der Waals surface area contributed by atoms with Crippen LogP contribution in [-0.4, -0.2) is 53.9 Å². The lowest BCUT2D eigenvalue weighted by atomic mass is 9.98. The van der Waals surface area contributed by atoms with Crippen LogP contribution in [0.3, 0.4) is 0 Å². The number of hydrogen-bond donors (Lipinski definition) is 6. The Labute approximate surface area is 192 Å². The van der Waals surface area contributed by atoms with E-state index in [2.05, 4.69) is 53.4 Å². The number of likely N-dealkylation sites (tertiary alicyclic amines) is 1. The standard InChI is InChI=1S/C20H22ClN.2H3O4P/c21-20-10-8-17(9-11-20)16-19(18-6-2-1-3-7-18)12-15-22-13-4-5-14-22;2*1-5(2,3)4/h1-3,6-12H,4-5,13-16H2;2*(H3,1,2,3,4)/b19-12-;;. The Balaban J connectivity index is 0.000000431. The molecule has 0 amide bonds. The van der Waals surface area contributed by atoms with E-state index in [0.717, 1.165) is 18.0 Å². The fraction of sp³-hybridized carbons (Fsp3) is 0.300. The van der Waals surface area contributed by atoms with Crippen molar-refractivity contribution in [3.63, 3.8) is 0 Å². The monoisotopic (exact) mass is 507 g/mol. The molecule has 1 saturated heterocycles. The smallest absolute Gasteiger partial charge is 0.303 e. The van der Waals surface area contributed by atoms with Gasteiger partial charge >= 0.3 is 15.6 Å². The van der Waals surface area contributed by atoms with Crippen LogP contribution in [-0.2, 0) is 15.6 Å². The molecule has 1 fully saturated rings. The minimum atomic E-state index is -4.64. The maximum Gasteiger partial charge on any atom is 0.466 e. The van der Waals surface area contributed by atoms with Gasteiger partial charge in [-0.3, -0.25) is 4.90 Å². The molecule has 1 aliphatic rings. The predicted molar refractivity (Wildman–Crippen MR) is 124 cm³/mol. The molecule has 178 valence electrons. The third-order valence-electron chi connectivity index (χ3n) is 4.25. The van der Waals surface area contributed by atoms with Gasteiger partial charge in [0.05, 0.1) is 0 Å². The highest BCUT2D eigenvalue weighted by atomic mass is 35.5. The minimum absolute atomic E-state index is 0.797. The number of halogens is 1. The van der Waals surface area contributed by atoms with Crippen molar-refractivity contribution in [2.24, 2.45) is 0 Å². The summed E-state index contributed by atoms with van der Waals surface area (Å²) >= 11 is 5.99. The van der Waals surface area contributed by atoms with Crippen molar-refractivity contribution >= 4 is 32.8 Å². The molecular formula is C20H28ClNO8P2. The van der Waals surface area contributed by atoms with Crippen molar-refractivity contribution in [2.45, 2.75) is 19.3 Å². The molecule has 2 aromatic carbocycles. The summed E-state index contributed by atoms with van der Waals surface area (Å²) in [6.45, 7) is 3.52. The first kappa shape index (κ1) is 28.7. The van der Waals surface area contributed by atoms with E-state index in [4.69, 9.17) is 50.1 Å². The topological polar surface area (TPSA) is 159 Å². The Bertz CT molecular complexity index is 886. The van der Waals surface area contributed by atoms with Gasteiger partial charge in [-0.05, 0) is 61.2 Å². The molecule has 0 spiro atoms. The summed E-state index contributed by atoms with van der Waals surface area (Å²) in [6.07, 6.45) is 6.03. The molecule has 6 N–H and O–H groups in total. The predicted octanol–water partition coefficient (Wildman–Crippen LogP) is 3.20. The fourth-order valence-electron chi connectivity index (χ4n) is 2.97. The van der Waals surface area contributed by atoms with E-state index < -0.39 is 15.6 Å². The second kappa shape index (κ2) is 14.0. The second-order valence-electron chi connectivity index (χ2n) is 6.93. The number of allylic oxidation sites excluding steroid dienone is 1. The summed E-state index contributed by atoms with van der Waals surface area (Å²) in [5, 5.41) is 0.797. The lowest BCUT2D eigenvalue weighted by Gasteiger charge is -2.14. The first-order valence-electron chi connectivity index (χ1n) is 9.59. The summed E-state index contributed by atoms with van der Waals surface area (Å²) < 4.78 is 17.8. The zero-order valence-electron chi connectivity index (χ0n) is 17.2. The Morgan fingerprint density at radius 2 is 1.31 bits per heavy atom. The summed E-state index contributed by atoms with van der Waals surface area (Å²) in [5.74, 6) is 0. The van der Waals surface area contributed by atoms with Gasteiger partial charge < -0.3 is 29.4 Å². The van der Waals surface area contributed by atoms with Crippen molar-refractivity contribution < 1.29 is 38.5 Å². The maximum absolute atomic E-state index is 8.88. The number of phosphoric acid groups is 2. The Morgan fingerprint density at radius 1 is 0.844 bits per heavy atom. The van der Waals surface area contributed by atoms with Gasteiger partial charge in [-0.25, -0.2) is 9.13 Å². The quantitative estimate of drug-likeness (QED) is 0.334. The number of nitrogens with zero attached hydrogens (tertiary/aromatic N) is 1. The van der Waals surface area contributed by atoms with E-state index in [9.17, 15) is 0 Å². The number of hydrogen-bond acceptors (Lipinski definition) is 3. The number of rotatable bonds is 5. The number of benzene rings is 2. The van der Waals surface area contributed by atoms with Gasteiger partial charge in [-0.15, -0.1) is 0 Å². The van der Waals surface area contributed by atoms with Crippen molar-refractivity contribution in [2.75, 3.05) is 19.6 Å². The van der Waals surface area contributed by atoms with E-state index in [1.807, 2.05) is 12.1 Å². The third-order valence-corrected chi connectivity index (χ3v) is 4.50. The summed E-state index contributed by atoms with van der Waals surface area (Å²) in [4.78, 5) is 45.7. The van der Waals surface area contributed by atoms with Gasteiger partial charge in [0.25, 0.3) is 0 Å². The van der Waals surface area contributed by atoms with Crippen LogP contribution >= 0.6 is 27.2 Å². The Morgan fingerprint density at radius 3 is 1.78 bits per heavy atom. The first-order chi connectivity index (χ1) is 14.8. The largest absolute Gasteiger partial charge is 0.466 e. The summed E-state index contributed by atoms with van der Waals surface area (Å²) in [7, 11) is -9.28. The SMILES string of the molecule is Clc1ccc(C/C(=C/CN2CCCC2)c2ccccc2)cc1.O=P(O)(O)O.O=P(O)(O)O. The van der Waals surface area contributed by atoms with E-state index in [1.54, 1.807) is 0 Å². The van der Waals surface area contributed by atoms with Crippen molar-refractivity contribution in [3.8, 4) is 0 Å². The van der Waals surface area contributed by atoms with Gasteiger partial charge in [0, 0.05) is 11.6 Å². The molecule has 0 saturated carbocycles. The van der Waals surface area contributed by atoms with E-state index >= 15 is 0 Å². The fourth-order valence-corrected chi connectivity index (χ4v) is 3.10.